The van der Waals surface area contributed by atoms with E-state index in [1.54, 1.807) is 20.8 Å². The molecule has 3 nitrogen and oxygen atoms in total. The van der Waals surface area contributed by atoms with Gasteiger partial charge in [0, 0.05) is 0 Å². The molecule has 0 aromatic carbocycles. The van der Waals surface area contributed by atoms with Crippen molar-refractivity contribution in [3.05, 3.63) is 6.10 Å². The van der Waals surface area contributed by atoms with Gasteiger partial charge < -0.3 is 9.84 Å². The van der Waals surface area contributed by atoms with Crippen LogP contribution in [0.1, 0.15) is 27.7 Å². The van der Waals surface area contributed by atoms with Crippen molar-refractivity contribution in [2.75, 3.05) is 0 Å². The van der Waals surface area contributed by atoms with Crippen LogP contribution in [-0.4, -0.2) is 16.7 Å². The molecule has 59 valence electrons. The third-order valence-corrected chi connectivity index (χ3v) is 0.760. The van der Waals surface area contributed by atoms with Gasteiger partial charge in [0.1, 0.15) is 0 Å². The van der Waals surface area contributed by atoms with E-state index in [0.29, 0.717) is 0 Å². The zero-order valence-electron chi connectivity index (χ0n) is 6.76. The maximum absolute atomic E-state index is 10.2. The van der Waals surface area contributed by atoms with Gasteiger partial charge in [0.15, 0.2) is 0 Å². The minimum absolute atomic E-state index is 0.0347. The third-order valence-electron chi connectivity index (χ3n) is 0.760. The Labute approximate surface area is 61.0 Å². The van der Waals surface area contributed by atoms with Crippen LogP contribution in [0.3, 0.4) is 0 Å². The van der Waals surface area contributed by atoms with E-state index in [-0.39, 0.29) is 6.10 Å². The lowest BCUT2D eigenvalue weighted by atomic mass is 10.2. The summed E-state index contributed by atoms with van der Waals surface area (Å²) in [6, 6.07) is 0. The molecule has 0 saturated heterocycles. The summed E-state index contributed by atoms with van der Waals surface area (Å²) in [5, 5.41) is 8.38. The van der Waals surface area contributed by atoms with E-state index < -0.39 is 11.6 Å². The van der Waals surface area contributed by atoms with E-state index in [4.69, 9.17) is 9.84 Å². The number of rotatable bonds is 2. The van der Waals surface area contributed by atoms with E-state index in [2.05, 4.69) is 0 Å². The Bertz CT molecular complexity index is 123. The first-order valence-corrected chi connectivity index (χ1v) is 3.09. The fourth-order valence-corrected chi connectivity index (χ4v) is 0.503. The monoisotopic (exact) mass is 145 g/mol. The smallest absolute Gasteiger partial charge is 0.339 e. The molecule has 0 fully saturated rings. The molecular formula is C7H13O3. The highest BCUT2D eigenvalue weighted by Gasteiger charge is 2.21. The molecule has 0 spiro atoms. The van der Waals surface area contributed by atoms with Gasteiger partial charge in [-0.05, 0) is 27.7 Å². The number of aliphatic carboxylic acids is 1. The molecular weight excluding hydrogens is 132 g/mol. The van der Waals surface area contributed by atoms with Gasteiger partial charge in [-0.1, -0.05) is 0 Å². The van der Waals surface area contributed by atoms with E-state index in [1.807, 2.05) is 0 Å². The number of carbonyl (C=O) groups is 1. The van der Waals surface area contributed by atoms with Crippen molar-refractivity contribution < 1.29 is 14.6 Å². The molecule has 10 heavy (non-hydrogen) atoms. The van der Waals surface area contributed by atoms with Gasteiger partial charge >= 0.3 is 5.97 Å². The fourth-order valence-electron chi connectivity index (χ4n) is 0.503. The minimum Gasteiger partial charge on any atom is -0.479 e. The molecule has 0 aromatic rings. The molecule has 0 amide bonds. The fraction of sp³-hybridized carbons (Fsp3) is 0.714. The van der Waals surface area contributed by atoms with Crippen LogP contribution < -0.4 is 0 Å². The molecule has 0 aromatic heterocycles. The number of carboxylic acid groups (broad SMARTS) is 1. The Balaban J connectivity index is 3.80. The third kappa shape index (κ3) is 4.32. The van der Waals surface area contributed by atoms with E-state index in [0.717, 1.165) is 0 Å². The summed E-state index contributed by atoms with van der Waals surface area (Å²) in [5.74, 6) is -1.00. The van der Waals surface area contributed by atoms with Crippen molar-refractivity contribution in [2.45, 2.75) is 33.3 Å². The van der Waals surface area contributed by atoms with Gasteiger partial charge in [-0.15, -0.1) is 0 Å². The van der Waals surface area contributed by atoms with Gasteiger partial charge in [-0.3, -0.25) is 0 Å². The van der Waals surface area contributed by atoms with Crippen LogP contribution in [0.25, 0.3) is 0 Å². The molecule has 0 saturated carbocycles. The van der Waals surface area contributed by atoms with Gasteiger partial charge in [0.05, 0.1) is 5.60 Å². The van der Waals surface area contributed by atoms with E-state index in [1.165, 1.54) is 6.92 Å². The van der Waals surface area contributed by atoms with Gasteiger partial charge in [-0.25, -0.2) is 4.79 Å². The van der Waals surface area contributed by atoms with Crippen molar-refractivity contribution in [3.8, 4) is 0 Å². The lowest BCUT2D eigenvalue weighted by Gasteiger charge is -2.21. The molecule has 3 heteroatoms. The summed E-state index contributed by atoms with van der Waals surface area (Å²) < 4.78 is 5.02. The first-order valence-electron chi connectivity index (χ1n) is 3.09. The molecule has 1 radical (unpaired) electrons. The van der Waals surface area contributed by atoms with Crippen molar-refractivity contribution in [1.82, 2.24) is 0 Å². The Hall–Kier alpha value is -0.570. The summed E-state index contributed by atoms with van der Waals surface area (Å²) >= 11 is 0. The molecule has 0 rings (SSSR count). The molecule has 0 aliphatic rings. The highest BCUT2D eigenvalue weighted by atomic mass is 16.5. The zero-order chi connectivity index (χ0) is 8.36. The molecule has 1 N–H and O–H groups in total. The zero-order valence-corrected chi connectivity index (χ0v) is 6.76. The molecule has 0 unspecified atom stereocenters. The SMILES string of the molecule is C[C](OC(C)(C)C)C(=O)O. The first kappa shape index (κ1) is 9.43. The first-order chi connectivity index (χ1) is 4.33. The second-order valence-electron chi connectivity index (χ2n) is 3.08. The Morgan fingerprint density at radius 1 is 1.40 bits per heavy atom. The minimum atomic E-state index is -1.00. The van der Waals surface area contributed by atoms with Crippen LogP contribution in [-0.2, 0) is 9.53 Å². The number of hydrogen-bond acceptors (Lipinski definition) is 2. The summed E-state index contributed by atoms with van der Waals surface area (Å²) in [6.07, 6.45) is 0.0347. The van der Waals surface area contributed by atoms with Crippen LogP contribution in [0.15, 0.2) is 0 Å². The number of hydrogen-bond donors (Lipinski definition) is 1. The van der Waals surface area contributed by atoms with Crippen LogP contribution >= 0.6 is 0 Å². The highest BCUT2D eigenvalue weighted by Crippen LogP contribution is 2.14. The van der Waals surface area contributed by atoms with Crippen LogP contribution in [0.5, 0.6) is 0 Å². The Morgan fingerprint density at radius 3 is 1.90 bits per heavy atom. The van der Waals surface area contributed by atoms with Crippen LogP contribution in [0, 0.1) is 6.10 Å². The number of carboxylic acids is 1. The quantitative estimate of drug-likeness (QED) is 0.639. The average Bonchev–Trinajstić information content (AvgIpc) is 1.60. The predicted molar refractivity (Wildman–Crippen MR) is 37.4 cm³/mol. The Morgan fingerprint density at radius 2 is 1.80 bits per heavy atom. The number of ether oxygens (including phenoxy) is 1. The molecule has 0 aliphatic heterocycles. The molecule has 0 atom stereocenters. The van der Waals surface area contributed by atoms with Gasteiger partial charge in [-0.2, -0.15) is 0 Å². The lowest BCUT2D eigenvalue weighted by molar-refractivity contribution is -0.145. The molecule has 0 bridgehead atoms. The normalized spacial score (nSPS) is 12.1. The Kier molecular flexibility index (Phi) is 2.84. The maximum Gasteiger partial charge on any atom is 0.339 e. The maximum atomic E-state index is 10.2. The van der Waals surface area contributed by atoms with Gasteiger partial charge in [0.25, 0.3) is 0 Å². The van der Waals surface area contributed by atoms with Crippen LogP contribution in [0.2, 0.25) is 0 Å². The van der Waals surface area contributed by atoms with Crippen molar-refractivity contribution >= 4 is 5.97 Å². The summed E-state index contributed by atoms with van der Waals surface area (Å²) in [5.41, 5.74) is -0.414. The molecule has 0 heterocycles. The topological polar surface area (TPSA) is 46.5 Å². The van der Waals surface area contributed by atoms with E-state index in [9.17, 15) is 4.79 Å². The lowest BCUT2D eigenvalue weighted by Crippen LogP contribution is -2.25. The average molecular weight is 145 g/mol. The predicted octanol–water partition coefficient (Wildman–Crippen LogP) is 1.44. The molecule has 0 aliphatic carbocycles. The summed E-state index contributed by atoms with van der Waals surface area (Å²) in [4.78, 5) is 10.2. The van der Waals surface area contributed by atoms with Crippen molar-refractivity contribution in [1.29, 1.82) is 0 Å². The van der Waals surface area contributed by atoms with Gasteiger partial charge in [0.2, 0.25) is 6.10 Å². The van der Waals surface area contributed by atoms with Crippen molar-refractivity contribution in [3.63, 3.8) is 0 Å². The van der Waals surface area contributed by atoms with E-state index >= 15 is 0 Å². The van der Waals surface area contributed by atoms with Crippen molar-refractivity contribution in [2.24, 2.45) is 0 Å². The summed E-state index contributed by atoms with van der Waals surface area (Å²) in [6.45, 7) is 6.85. The standard InChI is InChI=1S/C7H13O3/c1-5(6(8)9)10-7(2,3)4/h1-4H3,(H,8,9). The highest BCUT2D eigenvalue weighted by molar-refractivity contribution is 5.79. The second-order valence-corrected chi connectivity index (χ2v) is 3.08. The summed E-state index contributed by atoms with van der Waals surface area (Å²) in [7, 11) is 0. The largest absolute Gasteiger partial charge is 0.479 e. The second kappa shape index (κ2) is 3.01. The van der Waals surface area contributed by atoms with Crippen LogP contribution in [0.4, 0.5) is 0 Å².